The van der Waals surface area contributed by atoms with Crippen molar-refractivity contribution in [2.45, 2.75) is 18.9 Å². The Morgan fingerprint density at radius 3 is 2.65 bits per heavy atom. The van der Waals surface area contributed by atoms with Gasteiger partial charge in [0.15, 0.2) is 16.6 Å². The molecule has 6 heteroatoms. The van der Waals surface area contributed by atoms with Gasteiger partial charge in [-0.25, -0.2) is 0 Å². The maximum absolute atomic E-state index is 5.73. The van der Waals surface area contributed by atoms with Gasteiger partial charge in [0.1, 0.15) is 19.0 Å². The SMILES string of the molecule is COc1ccc(NC(=S)N2CCC[C@H]2c2ccc3c(c2)OCCO3)cc1. The summed E-state index contributed by atoms with van der Waals surface area (Å²) in [6, 6.07) is 14.3. The summed E-state index contributed by atoms with van der Waals surface area (Å²) in [5, 5.41) is 4.09. The molecule has 2 heterocycles. The van der Waals surface area contributed by atoms with Crippen molar-refractivity contribution in [2.24, 2.45) is 0 Å². The number of methoxy groups -OCH3 is 1. The van der Waals surface area contributed by atoms with Gasteiger partial charge in [0.25, 0.3) is 0 Å². The Morgan fingerprint density at radius 2 is 1.88 bits per heavy atom. The van der Waals surface area contributed by atoms with E-state index in [0.29, 0.717) is 13.2 Å². The highest BCUT2D eigenvalue weighted by Gasteiger charge is 2.29. The number of nitrogens with zero attached hydrogens (tertiary/aromatic N) is 1. The Kier molecular flexibility index (Phi) is 4.84. The number of nitrogens with one attached hydrogen (secondary N) is 1. The smallest absolute Gasteiger partial charge is 0.173 e. The van der Waals surface area contributed by atoms with E-state index in [2.05, 4.69) is 22.3 Å². The summed E-state index contributed by atoms with van der Waals surface area (Å²) >= 11 is 5.68. The van der Waals surface area contributed by atoms with Crippen molar-refractivity contribution in [1.82, 2.24) is 4.90 Å². The van der Waals surface area contributed by atoms with Crippen LogP contribution < -0.4 is 19.5 Å². The first-order valence-corrected chi connectivity index (χ1v) is 9.26. The van der Waals surface area contributed by atoms with Crippen LogP contribution in [0.5, 0.6) is 17.2 Å². The molecule has 2 aromatic rings. The molecule has 0 unspecified atom stereocenters. The van der Waals surface area contributed by atoms with Crippen molar-refractivity contribution in [3.8, 4) is 17.2 Å². The molecule has 0 aliphatic carbocycles. The lowest BCUT2D eigenvalue weighted by Gasteiger charge is -2.29. The number of hydrogen-bond donors (Lipinski definition) is 1. The lowest BCUT2D eigenvalue weighted by molar-refractivity contribution is 0.171. The molecule has 0 radical (unpaired) electrons. The largest absolute Gasteiger partial charge is 0.497 e. The van der Waals surface area contributed by atoms with Gasteiger partial charge in [0, 0.05) is 12.2 Å². The molecule has 2 aliphatic heterocycles. The fourth-order valence-corrected chi connectivity index (χ4v) is 3.83. The van der Waals surface area contributed by atoms with Crippen LogP contribution in [0.25, 0.3) is 0 Å². The monoisotopic (exact) mass is 370 g/mol. The molecule has 0 bridgehead atoms. The van der Waals surface area contributed by atoms with Crippen molar-refractivity contribution < 1.29 is 14.2 Å². The second-order valence-electron chi connectivity index (χ2n) is 6.41. The Bertz CT molecular complexity index is 794. The fourth-order valence-electron chi connectivity index (χ4n) is 3.49. The molecule has 1 N–H and O–H groups in total. The molecule has 1 fully saturated rings. The summed E-state index contributed by atoms with van der Waals surface area (Å²) in [7, 11) is 1.66. The minimum absolute atomic E-state index is 0.254. The molecule has 4 rings (SSSR count). The molecule has 5 nitrogen and oxygen atoms in total. The molecule has 0 amide bonds. The molecule has 0 spiro atoms. The highest BCUT2D eigenvalue weighted by molar-refractivity contribution is 7.80. The van der Waals surface area contributed by atoms with Gasteiger partial charge in [-0.2, -0.15) is 0 Å². The van der Waals surface area contributed by atoms with Crippen molar-refractivity contribution in [1.29, 1.82) is 0 Å². The fraction of sp³-hybridized carbons (Fsp3) is 0.350. The lowest BCUT2D eigenvalue weighted by Crippen LogP contribution is -2.34. The molecule has 2 aliphatic rings. The van der Waals surface area contributed by atoms with E-state index in [9.17, 15) is 0 Å². The topological polar surface area (TPSA) is 43.0 Å². The zero-order chi connectivity index (χ0) is 17.9. The van der Waals surface area contributed by atoms with E-state index < -0.39 is 0 Å². The van der Waals surface area contributed by atoms with E-state index in [1.54, 1.807) is 7.11 Å². The summed E-state index contributed by atoms with van der Waals surface area (Å²) in [6.45, 7) is 2.15. The molecule has 0 saturated carbocycles. The quantitative estimate of drug-likeness (QED) is 0.824. The van der Waals surface area contributed by atoms with E-state index in [1.165, 1.54) is 5.56 Å². The van der Waals surface area contributed by atoms with Gasteiger partial charge in [-0.15, -0.1) is 0 Å². The van der Waals surface area contributed by atoms with Crippen molar-refractivity contribution in [2.75, 3.05) is 32.2 Å². The Morgan fingerprint density at radius 1 is 1.12 bits per heavy atom. The maximum Gasteiger partial charge on any atom is 0.173 e. The van der Waals surface area contributed by atoms with Crippen LogP contribution in [0.2, 0.25) is 0 Å². The average Bonchev–Trinajstić information content (AvgIpc) is 3.18. The third-order valence-electron chi connectivity index (χ3n) is 4.81. The summed E-state index contributed by atoms with van der Waals surface area (Å²) in [5.41, 5.74) is 2.18. The number of likely N-dealkylation sites (tertiary alicyclic amines) is 1. The second kappa shape index (κ2) is 7.41. The minimum atomic E-state index is 0.254. The third kappa shape index (κ3) is 3.42. The zero-order valence-electron chi connectivity index (χ0n) is 14.7. The first kappa shape index (κ1) is 17.0. The van der Waals surface area contributed by atoms with E-state index in [-0.39, 0.29) is 6.04 Å². The first-order valence-electron chi connectivity index (χ1n) is 8.86. The number of ether oxygens (including phenoxy) is 3. The van der Waals surface area contributed by atoms with Crippen LogP contribution in [0.3, 0.4) is 0 Å². The number of hydrogen-bond acceptors (Lipinski definition) is 4. The van der Waals surface area contributed by atoms with Gasteiger partial charge in [0.2, 0.25) is 0 Å². The van der Waals surface area contributed by atoms with Crippen molar-refractivity contribution >= 4 is 23.0 Å². The first-order chi connectivity index (χ1) is 12.7. The van der Waals surface area contributed by atoms with Gasteiger partial charge in [-0.3, -0.25) is 0 Å². The van der Waals surface area contributed by atoms with E-state index >= 15 is 0 Å². The Balaban J connectivity index is 1.49. The summed E-state index contributed by atoms with van der Waals surface area (Å²) < 4.78 is 16.6. The number of thiocarbonyl (C=S) groups is 1. The highest BCUT2D eigenvalue weighted by atomic mass is 32.1. The van der Waals surface area contributed by atoms with Gasteiger partial charge < -0.3 is 24.4 Å². The summed E-state index contributed by atoms with van der Waals surface area (Å²) in [6.07, 6.45) is 2.19. The minimum Gasteiger partial charge on any atom is -0.497 e. The summed E-state index contributed by atoms with van der Waals surface area (Å²) in [4.78, 5) is 2.25. The van der Waals surface area contributed by atoms with Gasteiger partial charge >= 0.3 is 0 Å². The predicted molar refractivity (Wildman–Crippen MR) is 105 cm³/mol. The van der Waals surface area contributed by atoms with Crippen LogP contribution in [0, 0.1) is 0 Å². The molecule has 1 atom stereocenters. The molecule has 136 valence electrons. The van der Waals surface area contributed by atoms with Crippen LogP contribution in [0.4, 0.5) is 5.69 Å². The highest BCUT2D eigenvalue weighted by Crippen LogP contribution is 2.38. The Hall–Kier alpha value is -2.47. The number of benzene rings is 2. The summed E-state index contributed by atoms with van der Waals surface area (Å²) in [5.74, 6) is 2.48. The van der Waals surface area contributed by atoms with Crippen LogP contribution in [0.1, 0.15) is 24.4 Å². The molecule has 2 aromatic carbocycles. The van der Waals surface area contributed by atoms with Crippen LogP contribution in [-0.2, 0) is 0 Å². The molecular weight excluding hydrogens is 348 g/mol. The molecule has 1 saturated heterocycles. The average molecular weight is 370 g/mol. The molecule has 26 heavy (non-hydrogen) atoms. The van der Waals surface area contributed by atoms with Gasteiger partial charge in [0.05, 0.1) is 13.2 Å². The Labute approximate surface area is 158 Å². The van der Waals surface area contributed by atoms with Crippen LogP contribution >= 0.6 is 12.2 Å². The third-order valence-corrected chi connectivity index (χ3v) is 5.14. The molecule has 0 aromatic heterocycles. The van der Waals surface area contributed by atoms with Crippen LogP contribution in [-0.4, -0.2) is 36.9 Å². The van der Waals surface area contributed by atoms with Gasteiger partial charge in [-0.1, -0.05) is 6.07 Å². The number of anilines is 1. The van der Waals surface area contributed by atoms with E-state index in [4.69, 9.17) is 26.4 Å². The van der Waals surface area contributed by atoms with Crippen molar-refractivity contribution in [3.63, 3.8) is 0 Å². The predicted octanol–water partition coefficient (Wildman–Crippen LogP) is 4.00. The van der Waals surface area contributed by atoms with E-state index in [0.717, 1.165) is 47.4 Å². The normalized spacial score (nSPS) is 18.5. The standard InChI is InChI=1S/C20H22N2O3S/c1-23-16-7-5-15(6-8-16)21-20(26)22-10-2-3-17(22)14-4-9-18-19(13-14)25-12-11-24-18/h4-9,13,17H,2-3,10-12H2,1H3,(H,21,26)/t17-/m0/s1. The van der Waals surface area contributed by atoms with Gasteiger partial charge in [-0.05, 0) is 67.0 Å². The number of fused-ring (bicyclic) bond motifs is 1. The number of rotatable bonds is 3. The lowest BCUT2D eigenvalue weighted by atomic mass is 10.0. The maximum atomic E-state index is 5.73. The van der Waals surface area contributed by atoms with E-state index in [1.807, 2.05) is 30.3 Å². The molecular formula is C20H22N2O3S. The zero-order valence-corrected chi connectivity index (χ0v) is 15.6. The second-order valence-corrected chi connectivity index (χ2v) is 6.80. The van der Waals surface area contributed by atoms with Crippen molar-refractivity contribution in [3.05, 3.63) is 48.0 Å². The van der Waals surface area contributed by atoms with Crippen LogP contribution in [0.15, 0.2) is 42.5 Å².